The smallest absolute Gasteiger partial charge is 0.236 e. The highest BCUT2D eigenvalue weighted by Gasteiger charge is 2.16. The zero-order chi connectivity index (χ0) is 24.2. The van der Waals surface area contributed by atoms with Gasteiger partial charge in [-0.3, -0.25) is 9.36 Å². The first kappa shape index (κ1) is 23.1. The molecule has 7 nitrogen and oxygen atoms in total. The first-order valence-electron chi connectivity index (χ1n) is 11.0. The Kier molecular flexibility index (Phi) is 6.78. The molecule has 0 spiro atoms. The Morgan fingerprint density at radius 1 is 1.14 bits per heavy atom. The molecule has 0 atom stereocenters. The van der Waals surface area contributed by atoms with E-state index in [9.17, 15) is 4.79 Å². The summed E-state index contributed by atoms with van der Waals surface area (Å²) in [6.07, 6.45) is 1.78. The number of allylic oxidation sites excluding steroid dienone is 1. The lowest BCUT2D eigenvalue weighted by atomic mass is 10.0. The first-order chi connectivity index (χ1) is 17.1. The molecular weight excluding hydrogens is 478 g/mol. The van der Waals surface area contributed by atoms with Gasteiger partial charge in [-0.25, -0.2) is 4.98 Å². The number of hydrogen-bond acceptors (Lipinski definition) is 7. The van der Waals surface area contributed by atoms with Crippen LogP contribution in [0.25, 0.3) is 21.0 Å². The van der Waals surface area contributed by atoms with Crippen LogP contribution in [-0.4, -0.2) is 31.4 Å². The van der Waals surface area contributed by atoms with Crippen molar-refractivity contribution in [3.05, 3.63) is 84.7 Å². The van der Waals surface area contributed by atoms with Crippen LogP contribution >= 0.6 is 23.1 Å². The van der Waals surface area contributed by atoms with Crippen molar-refractivity contribution in [2.24, 2.45) is 0 Å². The Labute approximate surface area is 210 Å². The molecule has 2 aromatic heterocycles. The molecule has 0 aliphatic rings. The van der Waals surface area contributed by atoms with Crippen molar-refractivity contribution >= 4 is 55.1 Å². The molecule has 0 unspecified atom stereocenters. The number of benzene rings is 3. The van der Waals surface area contributed by atoms with E-state index in [4.69, 9.17) is 4.74 Å². The highest BCUT2D eigenvalue weighted by molar-refractivity contribution is 7.99. The molecule has 0 bridgehead atoms. The van der Waals surface area contributed by atoms with E-state index in [1.807, 2.05) is 47.0 Å². The van der Waals surface area contributed by atoms with Gasteiger partial charge in [-0.1, -0.05) is 71.6 Å². The van der Waals surface area contributed by atoms with Gasteiger partial charge in [-0.05, 0) is 41.5 Å². The molecule has 5 rings (SSSR count). The number of anilines is 1. The Morgan fingerprint density at radius 3 is 2.83 bits per heavy atom. The maximum atomic E-state index is 12.5. The van der Waals surface area contributed by atoms with Crippen molar-refractivity contribution in [2.45, 2.75) is 25.2 Å². The van der Waals surface area contributed by atoms with Gasteiger partial charge in [-0.15, -0.1) is 16.8 Å². The molecule has 0 saturated heterocycles. The number of aromatic nitrogens is 4. The molecule has 2 heterocycles. The summed E-state index contributed by atoms with van der Waals surface area (Å²) in [5, 5.41) is 15.0. The lowest BCUT2D eigenvalue weighted by Gasteiger charge is -2.12. The summed E-state index contributed by atoms with van der Waals surface area (Å²) in [7, 11) is 0. The zero-order valence-electron chi connectivity index (χ0n) is 19.1. The second-order valence-corrected chi connectivity index (χ2v) is 9.79. The molecule has 1 N–H and O–H groups in total. The van der Waals surface area contributed by atoms with Gasteiger partial charge < -0.3 is 10.1 Å². The van der Waals surface area contributed by atoms with E-state index in [2.05, 4.69) is 52.2 Å². The van der Waals surface area contributed by atoms with Crippen LogP contribution < -0.4 is 10.1 Å². The van der Waals surface area contributed by atoms with E-state index in [0.29, 0.717) is 22.7 Å². The predicted octanol–water partition coefficient (Wildman–Crippen LogP) is 5.85. The van der Waals surface area contributed by atoms with Crippen molar-refractivity contribution in [2.75, 3.05) is 11.1 Å². The highest BCUT2D eigenvalue weighted by Crippen LogP contribution is 2.28. The van der Waals surface area contributed by atoms with Crippen molar-refractivity contribution in [3.8, 4) is 5.75 Å². The van der Waals surface area contributed by atoms with Gasteiger partial charge in [0.15, 0.2) is 16.1 Å². The third-order valence-electron chi connectivity index (χ3n) is 5.48. The molecule has 3 aromatic carbocycles. The van der Waals surface area contributed by atoms with Crippen LogP contribution in [0, 0.1) is 6.92 Å². The summed E-state index contributed by atoms with van der Waals surface area (Å²) < 4.78 is 9.06. The summed E-state index contributed by atoms with van der Waals surface area (Å²) >= 11 is 2.77. The highest BCUT2D eigenvalue weighted by atomic mass is 32.2. The predicted molar refractivity (Wildman–Crippen MR) is 142 cm³/mol. The second kappa shape index (κ2) is 10.3. The minimum atomic E-state index is -0.146. The standard InChI is InChI=1S/C26H23N5O2S2/c1-3-14-31-23(15-33-21-13-12-18-8-4-5-9-19(18)17(21)2)29-30-26(31)34-16-24(32)28-25-27-20-10-6-7-11-22(20)35-25/h3-13H,1,14-16H2,2H3,(H,27,28,32). The molecule has 9 heteroatoms. The van der Waals surface area contributed by atoms with Crippen LogP contribution in [0.15, 0.2) is 78.5 Å². The summed E-state index contributed by atoms with van der Waals surface area (Å²) in [6.45, 7) is 6.68. The van der Waals surface area contributed by atoms with Gasteiger partial charge in [0, 0.05) is 6.54 Å². The molecule has 35 heavy (non-hydrogen) atoms. The number of thiazole rings is 1. The molecule has 1 amide bonds. The number of thioether (sulfide) groups is 1. The van der Waals surface area contributed by atoms with Crippen LogP contribution in [0.1, 0.15) is 11.4 Å². The molecule has 176 valence electrons. The van der Waals surface area contributed by atoms with Crippen LogP contribution in [0.3, 0.4) is 0 Å². The largest absolute Gasteiger partial charge is 0.485 e. The summed E-state index contributed by atoms with van der Waals surface area (Å²) in [5.74, 6) is 1.52. The molecule has 0 radical (unpaired) electrons. The SMILES string of the molecule is C=CCn1c(COc2ccc3ccccc3c2C)nnc1SCC(=O)Nc1nc2ccccc2s1. The average Bonchev–Trinajstić information content (AvgIpc) is 3.46. The number of para-hydroxylation sites is 1. The normalized spacial score (nSPS) is 11.1. The van der Waals surface area contributed by atoms with Crippen LogP contribution in [0.4, 0.5) is 5.13 Å². The minimum Gasteiger partial charge on any atom is -0.485 e. The number of amides is 1. The van der Waals surface area contributed by atoms with E-state index in [1.165, 1.54) is 28.5 Å². The number of nitrogens with zero attached hydrogens (tertiary/aromatic N) is 4. The summed E-state index contributed by atoms with van der Waals surface area (Å²) in [5.41, 5.74) is 1.96. The topological polar surface area (TPSA) is 81.9 Å². The van der Waals surface area contributed by atoms with Crippen molar-refractivity contribution in [1.82, 2.24) is 19.7 Å². The van der Waals surface area contributed by atoms with Crippen molar-refractivity contribution < 1.29 is 9.53 Å². The second-order valence-electron chi connectivity index (χ2n) is 7.82. The number of aryl methyl sites for hydroxylation is 1. The van der Waals surface area contributed by atoms with E-state index in [-0.39, 0.29) is 18.3 Å². The summed E-state index contributed by atoms with van der Waals surface area (Å²) in [4.78, 5) is 17.0. The zero-order valence-corrected chi connectivity index (χ0v) is 20.7. The fraction of sp³-hybridized carbons (Fsp3) is 0.154. The molecule has 0 aliphatic carbocycles. The Bertz CT molecular complexity index is 1490. The molecule has 5 aromatic rings. The molecule has 0 aliphatic heterocycles. The van der Waals surface area contributed by atoms with Gasteiger partial charge in [-0.2, -0.15) is 0 Å². The fourth-order valence-electron chi connectivity index (χ4n) is 3.76. The number of nitrogens with one attached hydrogen (secondary N) is 1. The van der Waals surface area contributed by atoms with Gasteiger partial charge in [0.2, 0.25) is 5.91 Å². The Morgan fingerprint density at radius 2 is 1.97 bits per heavy atom. The van der Waals surface area contributed by atoms with E-state index < -0.39 is 0 Å². The third kappa shape index (κ3) is 5.06. The number of carbonyl (C=O) groups excluding carboxylic acids is 1. The number of ether oxygens (including phenoxy) is 1. The maximum absolute atomic E-state index is 12.5. The molecule has 0 saturated carbocycles. The molecule has 0 fully saturated rings. The van der Waals surface area contributed by atoms with Crippen LogP contribution in [0.5, 0.6) is 5.75 Å². The maximum Gasteiger partial charge on any atom is 0.236 e. The van der Waals surface area contributed by atoms with Gasteiger partial charge in [0.05, 0.1) is 16.0 Å². The lowest BCUT2D eigenvalue weighted by Crippen LogP contribution is -2.14. The Hall–Kier alpha value is -3.69. The van der Waals surface area contributed by atoms with Crippen molar-refractivity contribution in [3.63, 3.8) is 0 Å². The average molecular weight is 502 g/mol. The number of hydrogen-bond donors (Lipinski definition) is 1. The lowest BCUT2D eigenvalue weighted by molar-refractivity contribution is -0.113. The van der Waals surface area contributed by atoms with E-state index in [0.717, 1.165) is 26.9 Å². The van der Waals surface area contributed by atoms with Crippen LogP contribution in [0.2, 0.25) is 0 Å². The van der Waals surface area contributed by atoms with Gasteiger partial charge in [0.1, 0.15) is 12.4 Å². The van der Waals surface area contributed by atoms with E-state index in [1.54, 1.807) is 6.08 Å². The number of rotatable bonds is 9. The molecular formula is C26H23N5O2S2. The van der Waals surface area contributed by atoms with Crippen LogP contribution in [-0.2, 0) is 17.9 Å². The first-order valence-corrected chi connectivity index (χ1v) is 12.8. The van der Waals surface area contributed by atoms with Gasteiger partial charge >= 0.3 is 0 Å². The third-order valence-corrected chi connectivity index (χ3v) is 7.40. The minimum absolute atomic E-state index is 0.146. The van der Waals surface area contributed by atoms with Gasteiger partial charge in [0.25, 0.3) is 0 Å². The quantitative estimate of drug-likeness (QED) is 0.202. The summed E-state index contributed by atoms with van der Waals surface area (Å²) in [6, 6.07) is 20.1. The number of carbonyl (C=O) groups is 1. The number of fused-ring (bicyclic) bond motifs is 2. The van der Waals surface area contributed by atoms with Crippen molar-refractivity contribution in [1.29, 1.82) is 0 Å². The van der Waals surface area contributed by atoms with E-state index >= 15 is 0 Å². The monoisotopic (exact) mass is 501 g/mol. The Balaban J connectivity index is 1.24. The fourth-order valence-corrected chi connectivity index (χ4v) is 5.41.